The Bertz CT molecular complexity index is 1070. The molecule has 3 aromatic rings. The van der Waals surface area contributed by atoms with Gasteiger partial charge in [-0.25, -0.2) is 9.50 Å². The van der Waals surface area contributed by atoms with E-state index in [-0.39, 0.29) is 17.4 Å². The van der Waals surface area contributed by atoms with Crippen molar-refractivity contribution in [1.29, 1.82) is 0 Å². The number of aromatic amines is 1. The standard InChI is InChI=1S/C22H27N5O2/c1-14(2)26-10-8-16(9-11-26)19-12-20(28)27-21(25-19)18(13-23-27)22(29)24-17-6-4-15(3)5-7-17/h4-7,12-14,16,23H,8-11H2,1-3H3,(H,24,29). The zero-order chi connectivity index (χ0) is 20.5. The van der Waals surface area contributed by atoms with Gasteiger partial charge in [-0.1, -0.05) is 17.7 Å². The molecule has 1 fully saturated rings. The molecular formula is C22H27N5O2. The van der Waals surface area contributed by atoms with Gasteiger partial charge in [0.1, 0.15) is 5.56 Å². The van der Waals surface area contributed by atoms with Gasteiger partial charge in [-0.3, -0.25) is 14.7 Å². The van der Waals surface area contributed by atoms with E-state index in [1.54, 1.807) is 12.3 Å². The molecule has 4 rings (SSSR count). The molecule has 152 valence electrons. The van der Waals surface area contributed by atoms with Crippen LogP contribution in [0.4, 0.5) is 5.69 Å². The Morgan fingerprint density at radius 1 is 1.21 bits per heavy atom. The maximum Gasteiger partial charge on any atom is 0.272 e. The maximum absolute atomic E-state index is 12.8. The van der Waals surface area contributed by atoms with E-state index in [1.165, 1.54) is 4.52 Å². The monoisotopic (exact) mass is 393 g/mol. The van der Waals surface area contributed by atoms with Crippen LogP contribution in [0.1, 0.15) is 54.2 Å². The first kappa shape index (κ1) is 19.4. The quantitative estimate of drug-likeness (QED) is 0.713. The van der Waals surface area contributed by atoms with Gasteiger partial charge in [0.2, 0.25) is 0 Å². The van der Waals surface area contributed by atoms with Crippen LogP contribution in [0.15, 0.2) is 41.3 Å². The van der Waals surface area contributed by atoms with Crippen molar-refractivity contribution in [1.82, 2.24) is 19.5 Å². The van der Waals surface area contributed by atoms with Crippen molar-refractivity contribution in [2.75, 3.05) is 18.4 Å². The average molecular weight is 393 g/mol. The van der Waals surface area contributed by atoms with E-state index >= 15 is 0 Å². The third-order valence-corrected chi connectivity index (χ3v) is 5.75. The van der Waals surface area contributed by atoms with Gasteiger partial charge in [0, 0.05) is 29.9 Å². The average Bonchev–Trinajstić information content (AvgIpc) is 3.14. The van der Waals surface area contributed by atoms with Crippen molar-refractivity contribution in [2.24, 2.45) is 0 Å². The van der Waals surface area contributed by atoms with E-state index < -0.39 is 0 Å². The van der Waals surface area contributed by atoms with Crippen LogP contribution < -0.4 is 10.9 Å². The van der Waals surface area contributed by atoms with E-state index in [4.69, 9.17) is 4.98 Å². The van der Waals surface area contributed by atoms with Crippen molar-refractivity contribution in [3.8, 4) is 0 Å². The molecule has 7 nitrogen and oxygen atoms in total. The summed E-state index contributed by atoms with van der Waals surface area (Å²) in [4.78, 5) is 32.6. The Morgan fingerprint density at radius 2 is 1.90 bits per heavy atom. The summed E-state index contributed by atoms with van der Waals surface area (Å²) in [5.74, 6) is -0.0445. The lowest BCUT2D eigenvalue weighted by Gasteiger charge is -2.34. The normalized spacial score (nSPS) is 15.9. The summed E-state index contributed by atoms with van der Waals surface area (Å²) < 4.78 is 1.33. The summed E-state index contributed by atoms with van der Waals surface area (Å²) in [6.07, 6.45) is 3.48. The van der Waals surface area contributed by atoms with Crippen LogP contribution in [0.5, 0.6) is 0 Å². The van der Waals surface area contributed by atoms with Crippen molar-refractivity contribution >= 4 is 17.2 Å². The van der Waals surface area contributed by atoms with E-state index in [2.05, 4.69) is 29.2 Å². The van der Waals surface area contributed by atoms with Crippen LogP contribution in [0.3, 0.4) is 0 Å². The molecule has 1 aliphatic heterocycles. The zero-order valence-electron chi connectivity index (χ0n) is 17.1. The molecule has 1 amide bonds. The first-order valence-electron chi connectivity index (χ1n) is 10.2. The van der Waals surface area contributed by atoms with E-state index in [9.17, 15) is 9.59 Å². The molecule has 2 aromatic heterocycles. The predicted molar refractivity (Wildman–Crippen MR) is 114 cm³/mol. The molecule has 0 bridgehead atoms. The predicted octanol–water partition coefficient (Wildman–Crippen LogP) is 3.17. The van der Waals surface area contributed by atoms with Crippen LogP contribution in [-0.2, 0) is 0 Å². The third kappa shape index (κ3) is 3.96. The van der Waals surface area contributed by atoms with E-state index in [0.29, 0.717) is 22.9 Å². The minimum atomic E-state index is -0.286. The van der Waals surface area contributed by atoms with Gasteiger partial charge in [-0.15, -0.1) is 0 Å². The molecule has 0 unspecified atom stereocenters. The molecule has 1 saturated heterocycles. The number of hydrogen-bond acceptors (Lipinski definition) is 4. The topological polar surface area (TPSA) is 82.5 Å². The molecule has 0 atom stereocenters. The largest absolute Gasteiger partial charge is 0.322 e. The maximum atomic E-state index is 12.8. The van der Waals surface area contributed by atoms with Crippen LogP contribution >= 0.6 is 0 Å². The number of fused-ring (bicyclic) bond motifs is 1. The van der Waals surface area contributed by atoms with Crippen LogP contribution in [0, 0.1) is 6.92 Å². The number of nitrogens with zero attached hydrogens (tertiary/aromatic N) is 3. The molecule has 2 N–H and O–H groups in total. The fourth-order valence-electron chi connectivity index (χ4n) is 3.92. The molecule has 29 heavy (non-hydrogen) atoms. The molecule has 0 radical (unpaired) electrons. The number of nitrogens with one attached hydrogen (secondary N) is 2. The molecule has 7 heteroatoms. The summed E-state index contributed by atoms with van der Waals surface area (Å²) >= 11 is 0. The summed E-state index contributed by atoms with van der Waals surface area (Å²) in [7, 11) is 0. The number of hydrogen-bond donors (Lipinski definition) is 2. The summed E-state index contributed by atoms with van der Waals surface area (Å²) in [6.45, 7) is 8.40. The molecule has 0 aliphatic carbocycles. The first-order valence-corrected chi connectivity index (χ1v) is 10.2. The number of aromatic nitrogens is 3. The molecule has 0 saturated carbocycles. The van der Waals surface area contributed by atoms with Crippen LogP contribution in [-0.4, -0.2) is 44.5 Å². The second-order valence-corrected chi connectivity index (χ2v) is 8.09. The third-order valence-electron chi connectivity index (χ3n) is 5.75. The summed E-state index contributed by atoms with van der Waals surface area (Å²) in [5.41, 5.74) is 3.16. The summed E-state index contributed by atoms with van der Waals surface area (Å²) in [5, 5.41) is 5.74. The SMILES string of the molecule is Cc1ccc(NC(=O)c2c[nH]n3c(=O)cc(C4CCN(C(C)C)CC4)nc23)cc1. The number of H-pyrrole nitrogens is 1. The van der Waals surface area contributed by atoms with Crippen LogP contribution in [0.2, 0.25) is 0 Å². The minimum absolute atomic E-state index is 0.189. The van der Waals surface area contributed by atoms with Crippen molar-refractivity contribution in [2.45, 2.75) is 45.6 Å². The lowest BCUT2D eigenvalue weighted by molar-refractivity contribution is 0.102. The van der Waals surface area contributed by atoms with Crippen molar-refractivity contribution < 1.29 is 4.79 Å². The second kappa shape index (κ2) is 7.83. The molecule has 1 aromatic carbocycles. The molecular weight excluding hydrogens is 366 g/mol. The second-order valence-electron chi connectivity index (χ2n) is 8.09. The number of anilines is 1. The summed E-state index contributed by atoms with van der Waals surface area (Å²) in [6, 6.07) is 9.72. The van der Waals surface area contributed by atoms with Gasteiger partial charge < -0.3 is 10.2 Å². The minimum Gasteiger partial charge on any atom is -0.322 e. The van der Waals surface area contributed by atoms with E-state index in [1.807, 2.05) is 31.2 Å². The van der Waals surface area contributed by atoms with E-state index in [0.717, 1.165) is 37.2 Å². The van der Waals surface area contributed by atoms with Crippen LogP contribution in [0.25, 0.3) is 5.65 Å². The fraction of sp³-hybridized carbons (Fsp3) is 0.409. The lowest BCUT2D eigenvalue weighted by Crippen LogP contribution is -2.38. The Balaban J connectivity index is 1.60. The lowest BCUT2D eigenvalue weighted by atomic mass is 9.92. The molecule has 3 heterocycles. The van der Waals surface area contributed by atoms with Gasteiger partial charge in [-0.05, 0) is 58.8 Å². The number of aryl methyl sites for hydroxylation is 1. The Kier molecular flexibility index (Phi) is 5.24. The van der Waals surface area contributed by atoms with Crippen molar-refractivity contribution in [3.63, 3.8) is 0 Å². The number of likely N-dealkylation sites (tertiary alicyclic amines) is 1. The zero-order valence-corrected chi connectivity index (χ0v) is 17.1. The Hall–Kier alpha value is -2.93. The highest BCUT2D eigenvalue weighted by Crippen LogP contribution is 2.27. The molecule has 1 aliphatic rings. The number of amides is 1. The number of piperidine rings is 1. The molecule has 0 spiro atoms. The number of carbonyl (C=O) groups is 1. The first-order chi connectivity index (χ1) is 13.9. The van der Waals surface area contributed by atoms with Gasteiger partial charge in [0.15, 0.2) is 5.65 Å². The van der Waals surface area contributed by atoms with Gasteiger partial charge >= 0.3 is 0 Å². The Labute approximate surface area is 169 Å². The highest BCUT2D eigenvalue weighted by molar-refractivity contribution is 6.08. The fourth-order valence-corrected chi connectivity index (χ4v) is 3.92. The van der Waals surface area contributed by atoms with Crippen molar-refractivity contribution in [3.05, 3.63) is 63.7 Å². The number of carbonyl (C=O) groups excluding carboxylic acids is 1. The van der Waals surface area contributed by atoms with Gasteiger partial charge in [0.25, 0.3) is 11.5 Å². The highest BCUT2D eigenvalue weighted by Gasteiger charge is 2.25. The number of benzene rings is 1. The van der Waals surface area contributed by atoms with Gasteiger partial charge in [0.05, 0.1) is 5.69 Å². The van der Waals surface area contributed by atoms with Gasteiger partial charge in [-0.2, -0.15) is 0 Å². The highest BCUT2D eigenvalue weighted by atomic mass is 16.2. The smallest absolute Gasteiger partial charge is 0.272 e. The number of rotatable bonds is 4. The Morgan fingerprint density at radius 3 is 2.55 bits per heavy atom.